The molecule has 0 atom stereocenters. The minimum Gasteiger partial charge on any atom is -0.455 e. The molecule has 5 heterocycles. The predicted octanol–water partition coefficient (Wildman–Crippen LogP) is 16.0. The Hall–Kier alpha value is -9.07. The highest BCUT2D eigenvalue weighted by Gasteiger charge is 2.25. The van der Waals surface area contributed by atoms with Crippen molar-refractivity contribution in [3.63, 3.8) is 0 Å². The molecule has 0 saturated carbocycles. The summed E-state index contributed by atoms with van der Waals surface area (Å²) in [5.74, 6) is 1.43. The molecule has 0 spiro atoms. The summed E-state index contributed by atoms with van der Waals surface area (Å²) in [6, 6.07) is 67.4. The van der Waals surface area contributed by atoms with Crippen LogP contribution in [0.2, 0.25) is 0 Å². The second kappa shape index (κ2) is 13.2. The van der Waals surface area contributed by atoms with Gasteiger partial charge in [0.2, 0.25) is 0 Å². The normalized spacial score (nSPS) is 12.2. The molecular formula is C59H32N4O3. The summed E-state index contributed by atoms with van der Waals surface area (Å²) in [5.41, 5.74) is 9.91. The third-order valence-electron chi connectivity index (χ3n) is 13.4. The zero-order valence-corrected chi connectivity index (χ0v) is 35.0. The Balaban J connectivity index is 1.09. The third-order valence-corrected chi connectivity index (χ3v) is 13.4. The van der Waals surface area contributed by atoms with Crippen LogP contribution in [0.4, 0.5) is 0 Å². The van der Waals surface area contributed by atoms with Gasteiger partial charge < -0.3 is 17.8 Å². The summed E-state index contributed by atoms with van der Waals surface area (Å²) in [6.07, 6.45) is 0. The number of furan rings is 3. The Morgan fingerprint density at radius 1 is 0.288 bits per heavy atom. The summed E-state index contributed by atoms with van der Waals surface area (Å²) >= 11 is 0. The molecule has 15 rings (SSSR count). The van der Waals surface area contributed by atoms with Gasteiger partial charge in [-0.2, -0.15) is 0 Å². The predicted molar refractivity (Wildman–Crippen MR) is 267 cm³/mol. The molecule has 0 radical (unpaired) electrons. The molecule has 0 aliphatic rings. The first-order chi connectivity index (χ1) is 32.7. The number of nitrogens with zero attached hydrogens (tertiary/aromatic N) is 4. The summed E-state index contributed by atoms with van der Waals surface area (Å²) in [6.45, 7) is 0. The lowest BCUT2D eigenvalue weighted by Gasteiger charge is -2.15. The molecular weight excluding hydrogens is 813 g/mol. The van der Waals surface area contributed by atoms with Crippen LogP contribution >= 0.6 is 0 Å². The molecule has 10 aromatic carbocycles. The molecule has 15 aromatic rings. The fourth-order valence-corrected chi connectivity index (χ4v) is 10.4. The van der Waals surface area contributed by atoms with Crippen LogP contribution < -0.4 is 0 Å². The summed E-state index contributed by atoms with van der Waals surface area (Å²) in [5, 5.41) is 12.9. The van der Waals surface area contributed by atoms with Gasteiger partial charge in [-0.25, -0.2) is 15.0 Å². The van der Waals surface area contributed by atoms with Crippen molar-refractivity contribution in [3.05, 3.63) is 194 Å². The number of rotatable bonds is 4. The first-order valence-electron chi connectivity index (χ1n) is 22.1. The number of fused-ring (bicyclic) bond motifs is 15. The van der Waals surface area contributed by atoms with E-state index in [4.69, 9.17) is 28.2 Å². The van der Waals surface area contributed by atoms with Gasteiger partial charge in [0.05, 0.1) is 27.8 Å². The van der Waals surface area contributed by atoms with E-state index in [0.717, 1.165) is 115 Å². The van der Waals surface area contributed by atoms with Crippen LogP contribution in [0, 0.1) is 0 Å². The highest BCUT2D eigenvalue weighted by molar-refractivity contribution is 6.18. The molecule has 0 aliphatic carbocycles. The van der Waals surface area contributed by atoms with Gasteiger partial charge in [0.25, 0.3) is 0 Å². The zero-order valence-electron chi connectivity index (χ0n) is 35.0. The van der Waals surface area contributed by atoms with E-state index in [1.807, 2.05) is 60.7 Å². The van der Waals surface area contributed by atoms with E-state index in [-0.39, 0.29) is 0 Å². The zero-order chi connectivity index (χ0) is 43.0. The smallest absolute Gasteiger partial charge is 0.167 e. The quantitative estimate of drug-likeness (QED) is 0.175. The molecule has 0 amide bonds. The Morgan fingerprint density at radius 2 is 0.803 bits per heavy atom. The Bertz CT molecular complexity index is 4420. The molecule has 0 saturated heterocycles. The van der Waals surface area contributed by atoms with Crippen LogP contribution in [0.15, 0.2) is 207 Å². The van der Waals surface area contributed by atoms with Crippen LogP contribution in [-0.2, 0) is 0 Å². The minimum absolute atomic E-state index is 0.475. The van der Waals surface area contributed by atoms with Crippen LogP contribution in [0.5, 0.6) is 0 Å². The van der Waals surface area contributed by atoms with Gasteiger partial charge in [-0.3, -0.25) is 0 Å². The Labute approximate surface area is 374 Å². The maximum absolute atomic E-state index is 6.93. The van der Waals surface area contributed by atoms with Crippen molar-refractivity contribution in [1.82, 2.24) is 19.5 Å². The molecule has 0 fully saturated rings. The monoisotopic (exact) mass is 844 g/mol. The van der Waals surface area contributed by atoms with E-state index in [0.29, 0.717) is 28.6 Å². The number of hydrogen-bond donors (Lipinski definition) is 0. The second-order valence-electron chi connectivity index (χ2n) is 17.1. The third kappa shape index (κ3) is 4.99. The summed E-state index contributed by atoms with van der Waals surface area (Å²) in [4.78, 5) is 16.3. The highest BCUT2D eigenvalue weighted by Crippen LogP contribution is 2.44. The minimum atomic E-state index is 0.475. The van der Waals surface area contributed by atoms with E-state index in [2.05, 4.69) is 138 Å². The van der Waals surface area contributed by atoms with Crippen molar-refractivity contribution < 1.29 is 13.3 Å². The topological polar surface area (TPSA) is 83.0 Å². The fourth-order valence-electron chi connectivity index (χ4n) is 10.4. The standard InChI is InChI=1S/C59H32N4O3/c1-2-15-35-30-49-45(29-34(35)14-1)37-17-5-8-24-48(37)63(49)50-31-46-42-28-27-33-13-3-4-16-36(33)54(42)66-53(46)32-47(50)59-61-57(43-22-11-20-40-38-18-6-9-25-51(38)64-55(40)43)60-58(62-59)44-23-12-21-41-39-19-7-10-26-52(39)65-56(41)44/h1-32H. The van der Waals surface area contributed by atoms with E-state index >= 15 is 0 Å². The lowest BCUT2D eigenvalue weighted by atomic mass is 10.0. The molecule has 7 heteroatoms. The first-order valence-corrected chi connectivity index (χ1v) is 22.1. The Kier molecular flexibility index (Phi) is 7.10. The second-order valence-corrected chi connectivity index (χ2v) is 17.1. The van der Waals surface area contributed by atoms with Crippen LogP contribution in [-0.4, -0.2) is 19.5 Å². The van der Waals surface area contributed by atoms with Crippen molar-refractivity contribution in [2.75, 3.05) is 0 Å². The van der Waals surface area contributed by atoms with Crippen molar-refractivity contribution in [3.8, 4) is 39.9 Å². The van der Waals surface area contributed by atoms with Gasteiger partial charge in [-0.05, 0) is 76.8 Å². The van der Waals surface area contributed by atoms with Crippen LogP contribution in [0.3, 0.4) is 0 Å². The molecule has 5 aromatic heterocycles. The van der Waals surface area contributed by atoms with E-state index in [1.54, 1.807) is 0 Å². The molecule has 0 unspecified atom stereocenters. The van der Waals surface area contributed by atoms with Crippen LogP contribution in [0.25, 0.3) is 149 Å². The molecule has 306 valence electrons. The van der Waals surface area contributed by atoms with Gasteiger partial charge in [-0.15, -0.1) is 0 Å². The molecule has 0 bridgehead atoms. The van der Waals surface area contributed by atoms with Crippen molar-refractivity contribution in [1.29, 1.82) is 0 Å². The maximum Gasteiger partial charge on any atom is 0.167 e. The van der Waals surface area contributed by atoms with E-state index in [9.17, 15) is 0 Å². The molecule has 0 aliphatic heterocycles. The van der Waals surface area contributed by atoms with Crippen LogP contribution in [0.1, 0.15) is 0 Å². The number of para-hydroxylation sites is 5. The van der Waals surface area contributed by atoms with Gasteiger partial charge >= 0.3 is 0 Å². The van der Waals surface area contributed by atoms with Crippen molar-refractivity contribution >= 4 is 109 Å². The SMILES string of the molecule is c1ccc2cc3c(cc2c1)c1ccccc1n3-c1cc2c(cc1-c1nc(-c3cccc4c3oc3ccccc34)nc(-c3cccc4c3oc3ccccc34)n1)oc1c3ccccc3ccc21. The highest BCUT2D eigenvalue weighted by atomic mass is 16.3. The summed E-state index contributed by atoms with van der Waals surface area (Å²) in [7, 11) is 0. The lowest BCUT2D eigenvalue weighted by Crippen LogP contribution is -2.04. The first kappa shape index (κ1) is 35.4. The van der Waals surface area contributed by atoms with Gasteiger partial charge in [0.1, 0.15) is 33.5 Å². The number of hydrogen-bond acceptors (Lipinski definition) is 6. The largest absolute Gasteiger partial charge is 0.455 e. The van der Waals surface area contributed by atoms with Gasteiger partial charge in [-0.1, -0.05) is 133 Å². The molecule has 66 heavy (non-hydrogen) atoms. The van der Waals surface area contributed by atoms with Gasteiger partial charge in [0, 0.05) is 54.0 Å². The average molecular weight is 845 g/mol. The van der Waals surface area contributed by atoms with Gasteiger partial charge in [0.15, 0.2) is 17.5 Å². The van der Waals surface area contributed by atoms with E-state index < -0.39 is 0 Å². The molecule has 7 nitrogen and oxygen atoms in total. The van der Waals surface area contributed by atoms with Crippen molar-refractivity contribution in [2.24, 2.45) is 0 Å². The van der Waals surface area contributed by atoms with Crippen molar-refractivity contribution in [2.45, 2.75) is 0 Å². The maximum atomic E-state index is 6.93. The summed E-state index contributed by atoms with van der Waals surface area (Å²) < 4.78 is 22.6. The average Bonchev–Trinajstić information content (AvgIpc) is 4.14. The number of benzene rings is 10. The Morgan fingerprint density at radius 3 is 1.48 bits per heavy atom. The molecule has 0 N–H and O–H groups in total. The number of aromatic nitrogens is 4. The van der Waals surface area contributed by atoms with E-state index in [1.165, 1.54) is 5.39 Å². The fraction of sp³-hybridized carbons (Fsp3) is 0. The lowest BCUT2D eigenvalue weighted by molar-refractivity contribution is 0.669.